The minimum Gasteiger partial charge on any atom is -0.344 e. The quantitative estimate of drug-likeness (QED) is 0.839. The van der Waals surface area contributed by atoms with Crippen molar-refractivity contribution in [1.29, 1.82) is 0 Å². The van der Waals surface area contributed by atoms with Gasteiger partial charge in [0.1, 0.15) is 6.04 Å². The second-order valence-corrected chi connectivity index (χ2v) is 7.13. The van der Waals surface area contributed by atoms with Gasteiger partial charge in [-0.3, -0.25) is 9.59 Å². The Hall–Kier alpha value is -1.06. The molecule has 3 fully saturated rings. The third-order valence-electron chi connectivity index (χ3n) is 5.33. The lowest BCUT2D eigenvalue weighted by Crippen LogP contribution is -2.52. The zero-order valence-electron chi connectivity index (χ0n) is 12.6. The Bertz CT molecular complexity index is 405. The van der Waals surface area contributed by atoms with Gasteiger partial charge in [-0.1, -0.05) is 13.8 Å². The fourth-order valence-corrected chi connectivity index (χ4v) is 4.01. The Morgan fingerprint density at radius 2 is 1.85 bits per heavy atom. The molecule has 0 bridgehead atoms. The molecule has 2 saturated carbocycles. The van der Waals surface area contributed by atoms with Crippen molar-refractivity contribution in [1.82, 2.24) is 10.2 Å². The summed E-state index contributed by atoms with van der Waals surface area (Å²) >= 11 is 0. The van der Waals surface area contributed by atoms with E-state index < -0.39 is 0 Å². The van der Waals surface area contributed by atoms with Crippen LogP contribution in [-0.2, 0) is 9.59 Å². The molecular formula is C16H26N2O2. The van der Waals surface area contributed by atoms with Crippen LogP contribution in [0.1, 0.15) is 52.4 Å². The van der Waals surface area contributed by atoms with Crippen molar-refractivity contribution < 1.29 is 9.59 Å². The minimum absolute atomic E-state index is 0.0505. The molecule has 4 atom stereocenters. The van der Waals surface area contributed by atoms with E-state index in [0.717, 1.165) is 25.2 Å². The lowest BCUT2D eigenvalue weighted by atomic mass is 9.79. The molecule has 112 valence electrons. The fraction of sp³-hybridized carbons (Fsp3) is 0.875. The van der Waals surface area contributed by atoms with Crippen LogP contribution >= 0.6 is 0 Å². The van der Waals surface area contributed by atoms with Crippen LogP contribution in [-0.4, -0.2) is 35.3 Å². The van der Waals surface area contributed by atoms with Crippen LogP contribution in [0.25, 0.3) is 0 Å². The smallest absolute Gasteiger partial charge is 0.245 e. The van der Waals surface area contributed by atoms with E-state index in [9.17, 15) is 9.59 Å². The number of hydrogen-bond acceptors (Lipinski definition) is 2. The molecular weight excluding hydrogens is 252 g/mol. The first kappa shape index (κ1) is 13.9. The third kappa shape index (κ3) is 2.70. The Morgan fingerprint density at radius 1 is 1.10 bits per heavy atom. The second kappa shape index (κ2) is 5.38. The fourth-order valence-electron chi connectivity index (χ4n) is 4.01. The SMILES string of the molecule is CC1CCC(N2CCC(=O)NC(C3CC3)C2=O)C(C)C1. The number of carbonyl (C=O) groups excluding carboxylic acids is 2. The Labute approximate surface area is 121 Å². The Morgan fingerprint density at radius 3 is 2.50 bits per heavy atom. The molecule has 2 aliphatic carbocycles. The second-order valence-electron chi connectivity index (χ2n) is 7.13. The van der Waals surface area contributed by atoms with Crippen LogP contribution in [0.5, 0.6) is 0 Å². The standard InChI is InChI=1S/C16H26N2O2/c1-10-3-6-13(11(2)9-10)18-8-7-14(19)17-15(16(18)20)12-4-5-12/h10-13,15H,3-9H2,1-2H3,(H,17,19). The van der Waals surface area contributed by atoms with Crippen molar-refractivity contribution in [3.05, 3.63) is 0 Å². The van der Waals surface area contributed by atoms with Gasteiger partial charge in [0.15, 0.2) is 0 Å². The van der Waals surface area contributed by atoms with E-state index in [1.165, 1.54) is 12.8 Å². The molecule has 0 spiro atoms. The summed E-state index contributed by atoms with van der Waals surface area (Å²) in [4.78, 5) is 26.7. The van der Waals surface area contributed by atoms with E-state index in [0.29, 0.717) is 30.8 Å². The van der Waals surface area contributed by atoms with E-state index >= 15 is 0 Å². The molecule has 4 nitrogen and oxygen atoms in total. The van der Waals surface area contributed by atoms with Crippen molar-refractivity contribution >= 4 is 11.8 Å². The molecule has 2 amide bonds. The van der Waals surface area contributed by atoms with Gasteiger partial charge in [-0.2, -0.15) is 0 Å². The maximum atomic E-state index is 12.8. The van der Waals surface area contributed by atoms with Gasteiger partial charge in [-0.15, -0.1) is 0 Å². The van der Waals surface area contributed by atoms with Gasteiger partial charge in [0, 0.05) is 19.0 Å². The number of nitrogens with zero attached hydrogens (tertiary/aromatic N) is 1. The zero-order valence-corrected chi connectivity index (χ0v) is 12.6. The summed E-state index contributed by atoms with van der Waals surface area (Å²) in [5.41, 5.74) is 0. The summed E-state index contributed by atoms with van der Waals surface area (Å²) in [7, 11) is 0. The van der Waals surface area contributed by atoms with Gasteiger partial charge in [0.25, 0.3) is 0 Å². The summed E-state index contributed by atoms with van der Waals surface area (Å²) in [5, 5.41) is 2.95. The molecule has 4 unspecified atom stereocenters. The van der Waals surface area contributed by atoms with Crippen molar-refractivity contribution in [3.8, 4) is 0 Å². The van der Waals surface area contributed by atoms with Crippen molar-refractivity contribution in [2.24, 2.45) is 17.8 Å². The topological polar surface area (TPSA) is 49.4 Å². The predicted molar refractivity (Wildman–Crippen MR) is 77.0 cm³/mol. The number of amides is 2. The number of hydrogen-bond donors (Lipinski definition) is 1. The molecule has 4 heteroatoms. The first-order chi connectivity index (χ1) is 9.56. The summed E-state index contributed by atoms with van der Waals surface area (Å²) in [6.07, 6.45) is 6.13. The van der Waals surface area contributed by atoms with Crippen molar-refractivity contribution in [2.45, 2.75) is 64.5 Å². The molecule has 1 N–H and O–H groups in total. The predicted octanol–water partition coefficient (Wildman–Crippen LogP) is 1.94. The zero-order chi connectivity index (χ0) is 14.3. The monoisotopic (exact) mass is 278 g/mol. The highest BCUT2D eigenvalue weighted by Gasteiger charge is 2.43. The van der Waals surface area contributed by atoms with E-state index in [1.807, 2.05) is 4.90 Å². The largest absolute Gasteiger partial charge is 0.344 e. The highest BCUT2D eigenvalue weighted by Crippen LogP contribution is 2.37. The van der Waals surface area contributed by atoms with Gasteiger partial charge >= 0.3 is 0 Å². The van der Waals surface area contributed by atoms with Gasteiger partial charge in [-0.25, -0.2) is 0 Å². The summed E-state index contributed by atoms with van der Waals surface area (Å²) in [6, 6.07) is 0.101. The first-order valence-corrected chi connectivity index (χ1v) is 8.16. The van der Waals surface area contributed by atoms with Crippen LogP contribution in [0.2, 0.25) is 0 Å². The number of nitrogens with one attached hydrogen (secondary N) is 1. The third-order valence-corrected chi connectivity index (χ3v) is 5.33. The van der Waals surface area contributed by atoms with Gasteiger partial charge in [-0.05, 0) is 49.9 Å². The lowest BCUT2D eigenvalue weighted by Gasteiger charge is -2.41. The molecule has 3 rings (SSSR count). The molecule has 1 heterocycles. The summed E-state index contributed by atoms with van der Waals surface area (Å²) in [5.74, 6) is 1.95. The number of rotatable bonds is 2. The highest BCUT2D eigenvalue weighted by molar-refractivity contribution is 5.90. The highest BCUT2D eigenvalue weighted by atomic mass is 16.2. The van der Waals surface area contributed by atoms with Crippen LogP contribution in [0.3, 0.4) is 0 Å². The van der Waals surface area contributed by atoms with Crippen LogP contribution < -0.4 is 5.32 Å². The molecule has 3 aliphatic rings. The maximum absolute atomic E-state index is 12.8. The molecule has 1 aliphatic heterocycles. The molecule has 1 saturated heterocycles. The summed E-state index contributed by atoms with van der Waals surface area (Å²) < 4.78 is 0. The van der Waals surface area contributed by atoms with Crippen LogP contribution in [0, 0.1) is 17.8 Å². The van der Waals surface area contributed by atoms with Gasteiger partial charge in [0.2, 0.25) is 11.8 Å². The molecule has 0 radical (unpaired) electrons. The average Bonchev–Trinajstić information content (AvgIpc) is 3.21. The van der Waals surface area contributed by atoms with Crippen molar-refractivity contribution in [2.75, 3.05) is 6.54 Å². The lowest BCUT2D eigenvalue weighted by molar-refractivity contribution is -0.138. The van der Waals surface area contributed by atoms with E-state index in [1.54, 1.807) is 0 Å². The molecule has 0 aromatic heterocycles. The molecule has 0 aromatic rings. The summed E-state index contributed by atoms with van der Waals surface area (Å²) in [6.45, 7) is 5.17. The van der Waals surface area contributed by atoms with Crippen LogP contribution in [0.4, 0.5) is 0 Å². The normalized spacial score (nSPS) is 39.4. The van der Waals surface area contributed by atoms with Gasteiger partial charge in [0.05, 0.1) is 0 Å². The molecule has 20 heavy (non-hydrogen) atoms. The van der Waals surface area contributed by atoms with E-state index in [4.69, 9.17) is 0 Å². The first-order valence-electron chi connectivity index (χ1n) is 8.16. The van der Waals surface area contributed by atoms with Gasteiger partial charge < -0.3 is 10.2 Å². The van der Waals surface area contributed by atoms with Crippen molar-refractivity contribution in [3.63, 3.8) is 0 Å². The minimum atomic E-state index is -0.239. The van der Waals surface area contributed by atoms with E-state index in [2.05, 4.69) is 19.2 Å². The molecule has 0 aromatic carbocycles. The maximum Gasteiger partial charge on any atom is 0.245 e. The van der Waals surface area contributed by atoms with E-state index in [-0.39, 0.29) is 17.9 Å². The number of carbonyl (C=O) groups is 2. The Kier molecular flexibility index (Phi) is 3.74. The Balaban J connectivity index is 1.76. The van der Waals surface area contributed by atoms with Crippen LogP contribution in [0.15, 0.2) is 0 Å². The average molecular weight is 278 g/mol.